The highest BCUT2D eigenvalue weighted by Crippen LogP contribution is 2.23. The SMILES string of the molecule is CCNC(=NCCc1csc(-c2ccccc2)n1)N(C)CCC1CCOCC1.I. The first-order valence-corrected chi connectivity index (χ1v) is 11.2. The second-order valence-electron chi connectivity index (χ2n) is 7.26. The van der Waals surface area contributed by atoms with Crippen molar-refractivity contribution in [2.75, 3.05) is 39.9 Å². The lowest BCUT2D eigenvalue weighted by Crippen LogP contribution is -2.40. The van der Waals surface area contributed by atoms with Gasteiger partial charge in [-0.2, -0.15) is 0 Å². The van der Waals surface area contributed by atoms with Gasteiger partial charge in [0.1, 0.15) is 5.01 Å². The third-order valence-corrected chi connectivity index (χ3v) is 6.05. The number of hydrogen-bond acceptors (Lipinski definition) is 4. The summed E-state index contributed by atoms with van der Waals surface area (Å²) in [6.45, 7) is 6.62. The van der Waals surface area contributed by atoms with Crippen molar-refractivity contribution in [2.24, 2.45) is 10.9 Å². The Labute approximate surface area is 196 Å². The average molecular weight is 529 g/mol. The second-order valence-corrected chi connectivity index (χ2v) is 8.12. The van der Waals surface area contributed by atoms with Crippen molar-refractivity contribution in [2.45, 2.75) is 32.6 Å². The minimum atomic E-state index is 0. The van der Waals surface area contributed by atoms with E-state index < -0.39 is 0 Å². The summed E-state index contributed by atoms with van der Waals surface area (Å²) in [6, 6.07) is 10.4. The number of hydrogen-bond donors (Lipinski definition) is 1. The quantitative estimate of drug-likeness (QED) is 0.307. The van der Waals surface area contributed by atoms with Gasteiger partial charge in [-0.1, -0.05) is 30.3 Å². The van der Waals surface area contributed by atoms with E-state index in [4.69, 9.17) is 14.7 Å². The minimum Gasteiger partial charge on any atom is -0.381 e. The Morgan fingerprint density at radius 1 is 1.28 bits per heavy atom. The van der Waals surface area contributed by atoms with Crippen LogP contribution in [0, 0.1) is 5.92 Å². The van der Waals surface area contributed by atoms with Crippen molar-refractivity contribution in [3.63, 3.8) is 0 Å². The molecule has 1 aromatic heterocycles. The molecule has 7 heteroatoms. The fraction of sp³-hybridized carbons (Fsp3) is 0.545. The number of rotatable bonds is 8. The molecule has 1 aliphatic rings. The maximum Gasteiger partial charge on any atom is 0.193 e. The number of guanidine groups is 1. The molecule has 1 N–H and O–H groups in total. The van der Waals surface area contributed by atoms with E-state index in [2.05, 4.69) is 53.8 Å². The fourth-order valence-electron chi connectivity index (χ4n) is 3.40. The summed E-state index contributed by atoms with van der Waals surface area (Å²) in [4.78, 5) is 11.9. The Balaban J connectivity index is 0.00000300. The summed E-state index contributed by atoms with van der Waals surface area (Å²) >= 11 is 1.71. The molecule has 1 fully saturated rings. The van der Waals surface area contributed by atoms with E-state index in [1.165, 1.54) is 24.8 Å². The maximum atomic E-state index is 5.46. The van der Waals surface area contributed by atoms with Crippen molar-refractivity contribution in [3.05, 3.63) is 41.4 Å². The molecule has 0 aliphatic carbocycles. The number of nitrogens with zero attached hydrogens (tertiary/aromatic N) is 3. The Morgan fingerprint density at radius 3 is 2.76 bits per heavy atom. The molecule has 0 amide bonds. The fourth-order valence-corrected chi connectivity index (χ4v) is 4.26. The third kappa shape index (κ3) is 7.86. The average Bonchev–Trinajstić information content (AvgIpc) is 3.22. The highest BCUT2D eigenvalue weighted by atomic mass is 127. The standard InChI is InChI=1S/C22H32N4OS.HI/c1-3-23-22(26(2)14-10-18-11-15-27-16-12-18)24-13-9-20-17-28-21(25-20)19-7-5-4-6-8-19;/h4-8,17-18H,3,9-16H2,1-2H3,(H,23,24);1H. The highest BCUT2D eigenvalue weighted by molar-refractivity contribution is 14.0. The number of aromatic nitrogens is 1. The van der Waals surface area contributed by atoms with Crippen LogP contribution in [0.3, 0.4) is 0 Å². The molecule has 0 radical (unpaired) electrons. The Morgan fingerprint density at radius 2 is 2.03 bits per heavy atom. The first-order valence-electron chi connectivity index (χ1n) is 10.3. The van der Waals surface area contributed by atoms with Crippen LogP contribution in [0.4, 0.5) is 0 Å². The lowest BCUT2D eigenvalue weighted by Gasteiger charge is -2.26. The van der Waals surface area contributed by atoms with Crippen LogP contribution in [0.15, 0.2) is 40.7 Å². The van der Waals surface area contributed by atoms with E-state index in [0.29, 0.717) is 0 Å². The van der Waals surface area contributed by atoms with Crippen LogP contribution >= 0.6 is 35.3 Å². The van der Waals surface area contributed by atoms with Crippen molar-refractivity contribution >= 4 is 41.3 Å². The summed E-state index contributed by atoms with van der Waals surface area (Å²) in [7, 11) is 2.14. The van der Waals surface area contributed by atoms with Gasteiger partial charge in [0.05, 0.1) is 5.69 Å². The summed E-state index contributed by atoms with van der Waals surface area (Å²) in [6.07, 6.45) is 4.45. The van der Waals surface area contributed by atoms with E-state index in [9.17, 15) is 0 Å². The molecule has 1 aromatic carbocycles. The maximum absolute atomic E-state index is 5.46. The molecule has 2 aromatic rings. The van der Waals surface area contributed by atoms with Crippen molar-refractivity contribution in [3.8, 4) is 10.6 Å². The first-order chi connectivity index (χ1) is 13.8. The third-order valence-electron chi connectivity index (χ3n) is 5.11. The molecule has 2 heterocycles. The van der Waals surface area contributed by atoms with Gasteiger partial charge in [-0.15, -0.1) is 35.3 Å². The largest absolute Gasteiger partial charge is 0.381 e. The zero-order valence-corrected chi connectivity index (χ0v) is 20.6. The Hall–Kier alpha value is -1.19. The molecule has 0 saturated carbocycles. The van der Waals surface area contributed by atoms with Crippen molar-refractivity contribution < 1.29 is 4.74 Å². The van der Waals surface area contributed by atoms with E-state index in [-0.39, 0.29) is 24.0 Å². The van der Waals surface area contributed by atoms with Crippen molar-refractivity contribution in [1.29, 1.82) is 0 Å². The molecular formula is C22H33IN4OS. The van der Waals surface area contributed by atoms with Crippen LogP contribution in [0.25, 0.3) is 10.6 Å². The van der Waals surface area contributed by atoms with Gasteiger partial charge in [0.25, 0.3) is 0 Å². The molecule has 0 unspecified atom stereocenters. The van der Waals surface area contributed by atoms with E-state index in [1.54, 1.807) is 11.3 Å². The molecule has 29 heavy (non-hydrogen) atoms. The normalized spacial score (nSPS) is 15.0. The summed E-state index contributed by atoms with van der Waals surface area (Å²) in [5, 5.41) is 6.66. The second kappa shape index (κ2) is 13.2. The van der Waals surface area contributed by atoms with Crippen LogP contribution in [-0.2, 0) is 11.2 Å². The van der Waals surface area contributed by atoms with Gasteiger partial charge in [0.2, 0.25) is 0 Å². The zero-order valence-electron chi connectivity index (χ0n) is 17.5. The summed E-state index contributed by atoms with van der Waals surface area (Å²) < 4.78 is 5.46. The van der Waals surface area contributed by atoms with Gasteiger partial charge in [-0.05, 0) is 32.1 Å². The van der Waals surface area contributed by atoms with E-state index >= 15 is 0 Å². The lowest BCUT2D eigenvalue weighted by atomic mass is 9.96. The molecule has 0 bridgehead atoms. The molecule has 1 aliphatic heterocycles. The first kappa shape index (κ1) is 24.1. The predicted molar refractivity (Wildman–Crippen MR) is 133 cm³/mol. The van der Waals surface area contributed by atoms with Gasteiger partial charge < -0.3 is 15.0 Å². The molecule has 1 saturated heterocycles. The van der Waals surface area contributed by atoms with Gasteiger partial charge in [-0.3, -0.25) is 4.99 Å². The predicted octanol–water partition coefficient (Wildman–Crippen LogP) is 4.68. The van der Waals surface area contributed by atoms with Gasteiger partial charge >= 0.3 is 0 Å². The van der Waals surface area contributed by atoms with Crippen molar-refractivity contribution in [1.82, 2.24) is 15.2 Å². The van der Waals surface area contributed by atoms with E-state index in [1.807, 2.05) is 6.07 Å². The van der Waals surface area contributed by atoms with Gasteiger partial charge in [-0.25, -0.2) is 4.98 Å². The number of thiazole rings is 1. The topological polar surface area (TPSA) is 49.8 Å². The van der Waals surface area contributed by atoms with Gasteiger partial charge in [0, 0.05) is 57.3 Å². The Bertz CT molecular complexity index is 731. The Kier molecular flexibility index (Phi) is 10.9. The minimum absolute atomic E-state index is 0. The molecular weight excluding hydrogens is 495 g/mol. The monoisotopic (exact) mass is 528 g/mol. The number of halogens is 1. The van der Waals surface area contributed by atoms with Gasteiger partial charge in [0.15, 0.2) is 5.96 Å². The lowest BCUT2D eigenvalue weighted by molar-refractivity contribution is 0.0625. The smallest absolute Gasteiger partial charge is 0.193 e. The van der Waals surface area contributed by atoms with Crippen LogP contribution < -0.4 is 5.32 Å². The van der Waals surface area contributed by atoms with Crippen LogP contribution in [0.2, 0.25) is 0 Å². The highest BCUT2D eigenvalue weighted by Gasteiger charge is 2.15. The number of benzene rings is 1. The number of nitrogens with one attached hydrogen (secondary N) is 1. The van der Waals surface area contributed by atoms with E-state index in [0.717, 1.165) is 61.8 Å². The van der Waals surface area contributed by atoms with Crippen LogP contribution in [0.5, 0.6) is 0 Å². The summed E-state index contributed by atoms with van der Waals surface area (Å²) in [5.41, 5.74) is 2.30. The van der Waals surface area contributed by atoms with Crippen LogP contribution in [-0.4, -0.2) is 55.7 Å². The molecule has 0 atom stereocenters. The molecule has 3 rings (SSSR count). The molecule has 160 valence electrons. The number of aliphatic imine (C=N–C) groups is 1. The number of ether oxygens (including phenoxy) is 1. The van der Waals surface area contributed by atoms with Crippen LogP contribution in [0.1, 0.15) is 31.9 Å². The zero-order chi connectivity index (χ0) is 19.6. The molecule has 0 spiro atoms. The summed E-state index contributed by atoms with van der Waals surface area (Å²) in [5.74, 6) is 1.78. The molecule has 5 nitrogen and oxygen atoms in total.